The SMILES string of the molecule is c1ccc(-c2ccc(-n3c4ccccc4c4cc(-c5cccc6c7ccccc7n(-c7ccccc7)c56)ccc43)c3sc4ccccc4c23)cc1. The van der Waals surface area contributed by atoms with E-state index in [1.165, 1.54) is 97.4 Å². The topological polar surface area (TPSA) is 9.86 Å². The zero-order valence-electron chi connectivity index (χ0n) is 27.6. The van der Waals surface area contributed by atoms with Crippen molar-refractivity contribution in [2.45, 2.75) is 0 Å². The summed E-state index contributed by atoms with van der Waals surface area (Å²) in [6.45, 7) is 0. The molecule has 3 aromatic heterocycles. The lowest BCUT2D eigenvalue weighted by Gasteiger charge is -2.13. The Bertz CT molecular complexity index is 3130. The predicted molar refractivity (Wildman–Crippen MR) is 219 cm³/mol. The normalized spacial score (nSPS) is 11.9. The van der Waals surface area contributed by atoms with Gasteiger partial charge in [0.05, 0.1) is 32.5 Å². The number of aromatic nitrogens is 2. The summed E-state index contributed by atoms with van der Waals surface area (Å²) in [5.74, 6) is 0. The molecule has 0 aliphatic rings. The molecule has 0 atom stereocenters. The number of rotatable bonds is 4. The third kappa shape index (κ3) is 4.16. The number of hydrogen-bond acceptors (Lipinski definition) is 1. The first kappa shape index (κ1) is 28.4. The van der Waals surface area contributed by atoms with Crippen LogP contribution >= 0.6 is 11.3 Å². The Kier molecular flexibility index (Phi) is 6.16. The Morgan fingerprint density at radius 3 is 1.80 bits per heavy atom. The zero-order chi connectivity index (χ0) is 33.5. The molecule has 0 spiro atoms. The van der Waals surface area contributed by atoms with Crippen LogP contribution < -0.4 is 0 Å². The molecule has 0 aliphatic heterocycles. The zero-order valence-corrected chi connectivity index (χ0v) is 28.4. The summed E-state index contributed by atoms with van der Waals surface area (Å²) in [6.07, 6.45) is 0. The van der Waals surface area contributed by atoms with E-state index in [0.717, 1.165) is 0 Å². The van der Waals surface area contributed by atoms with Crippen molar-refractivity contribution in [2.75, 3.05) is 0 Å². The lowest BCUT2D eigenvalue weighted by atomic mass is 9.98. The molecule has 8 aromatic carbocycles. The van der Waals surface area contributed by atoms with Crippen LogP contribution in [0.3, 0.4) is 0 Å². The van der Waals surface area contributed by atoms with Gasteiger partial charge in [0.1, 0.15) is 0 Å². The summed E-state index contributed by atoms with van der Waals surface area (Å²) in [4.78, 5) is 0. The summed E-state index contributed by atoms with van der Waals surface area (Å²) < 4.78 is 7.53. The summed E-state index contributed by atoms with van der Waals surface area (Å²) in [7, 11) is 0. The van der Waals surface area contributed by atoms with Crippen molar-refractivity contribution in [1.29, 1.82) is 0 Å². The van der Waals surface area contributed by atoms with Crippen LogP contribution in [0, 0.1) is 0 Å². The molecule has 3 heteroatoms. The molecule has 0 bridgehead atoms. The first-order valence-electron chi connectivity index (χ1n) is 17.4. The van der Waals surface area contributed by atoms with Crippen molar-refractivity contribution < 1.29 is 0 Å². The van der Waals surface area contributed by atoms with E-state index >= 15 is 0 Å². The lowest BCUT2D eigenvalue weighted by molar-refractivity contribution is 1.18. The lowest BCUT2D eigenvalue weighted by Crippen LogP contribution is -1.96. The number of hydrogen-bond donors (Lipinski definition) is 0. The van der Waals surface area contributed by atoms with Crippen LogP contribution in [0.4, 0.5) is 0 Å². The maximum absolute atomic E-state index is 2.49. The molecule has 0 N–H and O–H groups in total. The fourth-order valence-electron chi connectivity index (χ4n) is 8.35. The summed E-state index contributed by atoms with van der Waals surface area (Å²) in [5.41, 5.74) is 12.2. The molecule has 0 saturated heterocycles. The molecule has 2 nitrogen and oxygen atoms in total. The van der Waals surface area contributed by atoms with Gasteiger partial charge in [-0.3, -0.25) is 0 Å². The van der Waals surface area contributed by atoms with Gasteiger partial charge in [0, 0.05) is 48.3 Å². The van der Waals surface area contributed by atoms with Gasteiger partial charge in [-0.2, -0.15) is 0 Å². The van der Waals surface area contributed by atoms with Gasteiger partial charge < -0.3 is 9.13 Å². The number of benzene rings is 8. The molecular weight excluding hydrogens is 637 g/mol. The highest BCUT2D eigenvalue weighted by molar-refractivity contribution is 7.26. The smallest absolute Gasteiger partial charge is 0.0641 e. The van der Waals surface area contributed by atoms with Gasteiger partial charge >= 0.3 is 0 Å². The quantitative estimate of drug-likeness (QED) is 0.177. The Labute approximate surface area is 298 Å². The van der Waals surface area contributed by atoms with Gasteiger partial charge in [-0.25, -0.2) is 0 Å². The Balaban J connectivity index is 1.19. The molecule has 0 fully saturated rings. The molecule has 0 amide bonds. The van der Waals surface area contributed by atoms with Gasteiger partial charge in [-0.1, -0.05) is 133 Å². The first-order chi connectivity index (χ1) is 25.3. The Hall–Kier alpha value is -6.42. The largest absolute Gasteiger partial charge is 0.309 e. The van der Waals surface area contributed by atoms with E-state index in [-0.39, 0.29) is 0 Å². The maximum Gasteiger partial charge on any atom is 0.0641 e. The van der Waals surface area contributed by atoms with Gasteiger partial charge in [0.15, 0.2) is 0 Å². The minimum atomic E-state index is 1.17. The minimum Gasteiger partial charge on any atom is -0.309 e. The summed E-state index contributed by atoms with van der Waals surface area (Å²) in [5, 5.41) is 7.67. The van der Waals surface area contributed by atoms with Gasteiger partial charge in [0.25, 0.3) is 0 Å². The Morgan fingerprint density at radius 1 is 0.373 bits per heavy atom. The van der Waals surface area contributed by atoms with Gasteiger partial charge in [-0.15, -0.1) is 11.3 Å². The van der Waals surface area contributed by atoms with Crippen molar-refractivity contribution in [3.63, 3.8) is 0 Å². The first-order valence-corrected chi connectivity index (χ1v) is 18.3. The Morgan fingerprint density at radius 2 is 1.00 bits per heavy atom. The van der Waals surface area contributed by atoms with Gasteiger partial charge in [0.2, 0.25) is 0 Å². The highest BCUT2D eigenvalue weighted by Crippen LogP contribution is 2.46. The monoisotopic (exact) mass is 666 g/mol. The van der Waals surface area contributed by atoms with E-state index in [0.29, 0.717) is 0 Å². The second kappa shape index (κ2) is 11.0. The highest BCUT2D eigenvalue weighted by Gasteiger charge is 2.21. The van der Waals surface area contributed by atoms with Crippen molar-refractivity contribution in [2.24, 2.45) is 0 Å². The van der Waals surface area contributed by atoms with E-state index < -0.39 is 0 Å². The van der Waals surface area contributed by atoms with E-state index in [4.69, 9.17) is 0 Å². The fraction of sp³-hybridized carbons (Fsp3) is 0. The standard InChI is InChI=1S/C48H30N2S/c1-3-14-31(15-4-1)34-27-29-44(48-46(34)39-20-9-12-25-45(39)51-48)50-42-24-11-8-19-37(42)40-30-32(26-28-43(40)50)35-21-13-22-38-36-18-7-10-23-41(36)49(47(35)38)33-16-5-2-6-17-33/h1-30H. The van der Waals surface area contributed by atoms with E-state index in [9.17, 15) is 0 Å². The van der Waals surface area contributed by atoms with E-state index in [1.54, 1.807) is 0 Å². The van der Waals surface area contributed by atoms with Crippen LogP contribution in [0.15, 0.2) is 182 Å². The van der Waals surface area contributed by atoms with Crippen molar-refractivity contribution in [1.82, 2.24) is 9.13 Å². The third-order valence-electron chi connectivity index (χ3n) is 10.5. The van der Waals surface area contributed by atoms with E-state index in [2.05, 4.69) is 191 Å². The molecule has 0 saturated carbocycles. The number of thiophene rings is 1. The second-order valence-corrected chi connectivity index (χ2v) is 14.3. The maximum atomic E-state index is 2.49. The molecule has 238 valence electrons. The molecule has 0 aliphatic carbocycles. The number of nitrogens with zero attached hydrogens (tertiary/aromatic N) is 2. The minimum absolute atomic E-state index is 1.17. The molecule has 11 aromatic rings. The fourth-order valence-corrected chi connectivity index (χ4v) is 9.58. The third-order valence-corrected chi connectivity index (χ3v) is 11.7. The van der Waals surface area contributed by atoms with Crippen LogP contribution in [0.25, 0.3) is 97.4 Å². The molecule has 11 rings (SSSR count). The average Bonchev–Trinajstić information content (AvgIpc) is 3.86. The highest BCUT2D eigenvalue weighted by atomic mass is 32.1. The second-order valence-electron chi connectivity index (χ2n) is 13.3. The predicted octanol–water partition coefficient (Wildman–Crippen LogP) is 13.6. The summed E-state index contributed by atoms with van der Waals surface area (Å²) in [6, 6.07) is 66.5. The van der Waals surface area contributed by atoms with Gasteiger partial charge in [-0.05, 0) is 65.2 Å². The van der Waals surface area contributed by atoms with Crippen LogP contribution in [0.2, 0.25) is 0 Å². The van der Waals surface area contributed by atoms with Crippen LogP contribution in [-0.2, 0) is 0 Å². The molecule has 0 radical (unpaired) electrons. The van der Waals surface area contributed by atoms with Crippen molar-refractivity contribution in [3.05, 3.63) is 182 Å². The molecule has 0 unspecified atom stereocenters. The number of fused-ring (bicyclic) bond motifs is 9. The van der Waals surface area contributed by atoms with Crippen molar-refractivity contribution in [3.8, 4) is 33.6 Å². The molecule has 3 heterocycles. The van der Waals surface area contributed by atoms with E-state index in [1.807, 2.05) is 11.3 Å². The average molecular weight is 667 g/mol. The van der Waals surface area contributed by atoms with Crippen LogP contribution in [0.5, 0.6) is 0 Å². The van der Waals surface area contributed by atoms with Crippen LogP contribution in [0.1, 0.15) is 0 Å². The van der Waals surface area contributed by atoms with Crippen molar-refractivity contribution >= 4 is 75.1 Å². The molecule has 51 heavy (non-hydrogen) atoms. The number of para-hydroxylation sites is 4. The summed E-state index contributed by atoms with van der Waals surface area (Å²) >= 11 is 1.89. The molecular formula is C48H30N2S. The van der Waals surface area contributed by atoms with Crippen LogP contribution in [-0.4, -0.2) is 9.13 Å².